The predicted molar refractivity (Wildman–Crippen MR) is 125 cm³/mol. The van der Waals surface area contributed by atoms with Crippen LogP contribution in [-0.4, -0.2) is 53.6 Å². The number of alkyl halides is 3. The van der Waals surface area contributed by atoms with Crippen LogP contribution in [0, 0.1) is 35.0 Å². The second-order valence-electron chi connectivity index (χ2n) is 9.88. The quantitative estimate of drug-likeness (QED) is 0.527. The summed E-state index contributed by atoms with van der Waals surface area (Å²) in [5.41, 5.74) is 1.11. The number of aromatic nitrogens is 2. The van der Waals surface area contributed by atoms with Crippen LogP contribution >= 0.6 is 0 Å². The summed E-state index contributed by atoms with van der Waals surface area (Å²) in [5, 5.41) is 22.3. The van der Waals surface area contributed by atoms with Gasteiger partial charge in [0.05, 0.1) is 39.3 Å². The summed E-state index contributed by atoms with van der Waals surface area (Å²) in [6.07, 6.45) is -7.64. The summed E-state index contributed by atoms with van der Waals surface area (Å²) in [7, 11) is -2.07. The van der Waals surface area contributed by atoms with E-state index in [1.165, 1.54) is 10.7 Å². The first kappa shape index (κ1) is 27.6. The highest BCUT2D eigenvalue weighted by molar-refractivity contribution is 7.92. The van der Waals surface area contributed by atoms with E-state index in [1.54, 1.807) is 26.1 Å². The van der Waals surface area contributed by atoms with E-state index in [1.807, 2.05) is 0 Å². The third-order valence-electron chi connectivity index (χ3n) is 7.85. The number of methoxy groups -OCH3 is 1. The van der Waals surface area contributed by atoms with Gasteiger partial charge in [-0.3, -0.25) is 14.3 Å². The van der Waals surface area contributed by atoms with Gasteiger partial charge < -0.3 is 15.6 Å². The zero-order valence-corrected chi connectivity index (χ0v) is 21.4. The van der Waals surface area contributed by atoms with Crippen LogP contribution in [0.5, 0.6) is 0 Å². The van der Waals surface area contributed by atoms with Gasteiger partial charge in [-0.15, -0.1) is 0 Å². The summed E-state index contributed by atoms with van der Waals surface area (Å²) in [5.74, 6) is -3.71. The van der Waals surface area contributed by atoms with Crippen LogP contribution in [0.3, 0.4) is 0 Å². The third kappa shape index (κ3) is 3.95. The number of nitrogens with zero attached hydrogens (tertiary/aromatic N) is 3. The first-order valence-electron chi connectivity index (χ1n) is 11.5. The Hall–Kier alpha value is -3.44. The van der Waals surface area contributed by atoms with Gasteiger partial charge in [0, 0.05) is 25.6 Å². The maximum atomic E-state index is 14.2. The molecule has 204 valence electrons. The number of carbonyl (C=O) groups excluding carboxylic acids is 1. The monoisotopic (exact) mass is 554 g/mol. The topological polar surface area (TPSA) is 165 Å². The van der Waals surface area contributed by atoms with Gasteiger partial charge in [0.15, 0.2) is 9.84 Å². The number of halogens is 3. The number of hydrogen-bond acceptors (Lipinski definition) is 7. The molecular formula is C24H25F3N4O6S. The number of hydrogen-bond donors (Lipinski definition) is 2. The fourth-order valence-electron chi connectivity index (χ4n) is 5.88. The number of aliphatic carboxylic acids is 1. The van der Waals surface area contributed by atoms with Gasteiger partial charge in [-0.05, 0) is 44.4 Å². The predicted octanol–water partition coefficient (Wildman–Crippen LogP) is 2.45. The molecule has 1 aromatic heterocycles. The maximum absolute atomic E-state index is 14.2. The van der Waals surface area contributed by atoms with Crippen molar-refractivity contribution in [1.29, 1.82) is 5.26 Å². The average molecular weight is 555 g/mol. The van der Waals surface area contributed by atoms with Gasteiger partial charge >= 0.3 is 12.1 Å². The van der Waals surface area contributed by atoms with E-state index in [0.717, 1.165) is 19.2 Å². The van der Waals surface area contributed by atoms with E-state index in [4.69, 9.17) is 10.5 Å². The van der Waals surface area contributed by atoms with E-state index in [9.17, 15) is 41.5 Å². The first-order valence-corrected chi connectivity index (χ1v) is 13.0. The number of ether oxygens (including phenoxy) is 1. The zero-order chi connectivity index (χ0) is 28.4. The second kappa shape index (κ2) is 8.81. The molecule has 2 aromatic rings. The lowest BCUT2D eigenvalue weighted by molar-refractivity contribution is -0.159. The Bertz CT molecular complexity index is 1480. The Labute approximate surface area is 216 Å². The average Bonchev–Trinajstić information content (AvgIpc) is 3.31. The van der Waals surface area contributed by atoms with Crippen LogP contribution in [0.1, 0.15) is 30.5 Å². The molecule has 14 heteroatoms. The van der Waals surface area contributed by atoms with E-state index in [2.05, 4.69) is 5.10 Å². The number of carboxylic acids is 1. The molecule has 3 N–H and O–H groups in total. The number of nitrogens with two attached hydrogens (primary N) is 1. The lowest BCUT2D eigenvalue weighted by Crippen LogP contribution is -2.44. The minimum Gasteiger partial charge on any atom is -0.481 e. The summed E-state index contributed by atoms with van der Waals surface area (Å²) in [6, 6.07) is 6.13. The molecule has 2 fully saturated rings. The molecule has 0 aliphatic heterocycles. The van der Waals surface area contributed by atoms with Crippen LogP contribution in [0.4, 0.5) is 13.2 Å². The SMILES string of the molecule is CO[C@H]1C[C@@H](S(=O)(=O)c2ccc(-c3cc(C)nn3C)cc2C(F)(F)F)C[C@]1(C(=O)O)C1CC1(C#N)C(N)=O. The standard InChI is InChI=1S/C24H25F3N4O6S/c1-12-6-16(31(2)30-12)13-4-5-17(15(7-13)24(25,26)27)38(35,36)14-8-19(37-3)23(9-14,21(33)34)18-10-22(18,11-28)20(29)32/h4-7,14,18-19H,8-10H2,1-3H3,(H2,29,32)(H,33,34)/t14-,18?,19+,22?,23+/m1/s1. The molecular weight excluding hydrogens is 529 g/mol. The van der Waals surface area contributed by atoms with Crippen molar-refractivity contribution in [3.05, 3.63) is 35.5 Å². The highest BCUT2D eigenvalue weighted by Gasteiger charge is 2.75. The number of sulfone groups is 1. The Morgan fingerprint density at radius 1 is 1.29 bits per heavy atom. The van der Waals surface area contributed by atoms with E-state index < -0.39 is 79.3 Å². The van der Waals surface area contributed by atoms with Crippen molar-refractivity contribution >= 4 is 21.7 Å². The molecule has 0 spiro atoms. The van der Waals surface area contributed by atoms with Gasteiger partial charge in [-0.2, -0.15) is 23.5 Å². The number of aryl methyl sites for hydroxylation is 2. The molecule has 0 radical (unpaired) electrons. The fourth-order valence-corrected chi connectivity index (χ4v) is 7.90. The number of benzene rings is 1. The largest absolute Gasteiger partial charge is 0.481 e. The van der Waals surface area contributed by atoms with Crippen LogP contribution in [0.2, 0.25) is 0 Å². The minimum atomic E-state index is -5.05. The summed E-state index contributed by atoms with van der Waals surface area (Å²) >= 11 is 0. The smallest absolute Gasteiger partial charge is 0.417 e. The number of amides is 1. The van der Waals surface area contributed by atoms with Crippen LogP contribution in [0.15, 0.2) is 29.2 Å². The van der Waals surface area contributed by atoms with Gasteiger partial charge in [-0.25, -0.2) is 8.42 Å². The van der Waals surface area contributed by atoms with Gasteiger partial charge in [0.2, 0.25) is 5.91 Å². The molecule has 0 bridgehead atoms. The molecule has 1 amide bonds. The van der Waals surface area contributed by atoms with Gasteiger partial charge in [0.1, 0.15) is 10.8 Å². The summed E-state index contributed by atoms with van der Waals surface area (Å²) in [4.78, 5) is 23.5. The van der Waals surface area contributed by atoms with Crippen molar-refractivity contribution in [3.8, 4) is 17.3 Å². The van der Waals surface area contributed by atoms with Gasteiger partial charge in [-0.1, -0.05) is 6.07 Å². The summed E-state index contributed by atoms with van der Waals surface area (Å²) < 4.78 is 76.6. The van der Waals surface area contributed by atoms with Crippen LogP contribution < -0.4 is 5.73 Å². The molecule has 1 heterocycles. The fraction of sp³-hybridized carbons (Fsp3) is 0.500. The lowest BCUT2D eigenvalue weighted by atomic mass is 9.75. The normalized spacial score (nSPS) is 29.1. The highest BCUT2D eigenvalue weighted by atomic mass is 32.2. The second-order valence-corrected chi connectivity index (χ2v) is 12.1. The Kier molecular flexibility index (Phi) is 6.39. The van der Waals surface area contributed by atoms with Gasteiger partial charge in [0.25, 0.3) is 0 Å². The number of carboxylic acid groups (broad SMARTS) is 1. The summed E-state index contributed by atoms with van der Waals surface area (Å²) in [6.45, 7) is 1.66. The molecule has 2 aliphatic carbocycles. The molecule has 2 aliphatic rings. The first-order chi connectivity index (χ1) is 17.6. The van der Waals surface area contributed by atoms with Crippen LogP contribution in [-0.2, 0) is 37.4 Å². The van der Waals surface area contributed by atoms with Crippen molar-refractivity contribution in [2.45, 2.75) is 48.6 Å². The molecule has 1 aromatic carbocycles. The number of nitriles is 1. The van der Waals surface area contributed by atoms with E-state index in [-0.39, 0.29) is 12.0 Å². The zero-order valence-electron chi connectivity index (χ0n) is 20.6. The molecule has 5 atom stereocenters. The highest BCUT2D eigenvalue weighted by Crippen LogP contribution is 2.66. The van der Waals surface area contributed by atoms with Crippen LogP contribution in [0.25, 0.3) is 11.3 Å². The third-order valence-corrected chi connectivity index (χ3v) is 10.1. The van der Waals surface area contributed by atoms with Crippen molar-refractivity contribution in [1.82, 2.24) is 9.78 Å². The van der Waals surface area contributed by atoms with Crippen molar-refractivity contribution < 1.29 is 41.0 Å². The lowest BCUT2D eigenvalue weighted by Gasteiger charge is -2.31. The molecule has 10 nitrogen and oxygen atoms in total. The molecule has 2 unspecified atom stereocenters. The van der Waals surface area contributed by atoms with Crippen molar-refractivity contribution in [3.63, 3.8) is 0 Å². The Morgan fingerprint density at radius 3 is 2.39 bits per heavy atom. The minimum absolute atomic E-state index is 0.0960. The number of primary amides is 1. The number of carbonyl (C=O) groups is 2. The van der Waals surface area contributed by atoms with E-state index in [0.29, 0.717) is 11.4 Å². The van der Waals surface area contributed by atoms with Crippen molar-refractivity contribution in [2.24, 2.45) is 29.5 Å². The van der Waals surface area contributed by atoms with E-state index >= 15 is 0 Å². The Balaban J connectivity index is 1.81. The number of rotatable bonds is 7. The maximum Gasteiger partial charge on any atom is 0.417 e. The molecule has 2 saturated carbocycles. The molecule has 0 saturated heterocycles. The van der Waals surface area contributed by atoms with Crippen molar-refractivity contribution in [2.75, 3.05) is 7.11 Å². The molecule has 38 heavy (non-hydrogen) atoms. The molecule has 4 rings (SSSR count). The Morgan fingerprint density at radius 2 is 1.95 bits per heavy atom.